The van der Waals surface area contributed by atoms with E-state index in [0.29, 0.717) is 27.9 Å². The third kappa shape index (κ3) is 3.38. The first-order chi connectivity index (χ1) is 12.0. The maximum absolute atomic E-state index is 12.7. The summed E-state index contributed by atoms with van der Waals surface area (Å²) < 4.78 is 10.7. The Hall–Kier alpha value is -3.15. The van der Waals surface area contributed by atoms with Crippen LogP contribution in [0.3, 0.4) is 0 Å². The topological polar surface area (TPSA) is 72.6 Å². The second-order valence-corrected chi connectivity index (χ2v) is 5.83. The molecule has 2 aromatic heterocycles. The molecule has 0 spiro atoms. The van der Waals surface area contributed by atoms with Crippen LogP contribution in [0.25, 0.3) is 22.4 Å². The summed E-state index contributed by atoms with van der Waals surface area (Å²) in [6.07, 6.45) is 0.670. The Morgan fingerprint density at radius 3 is 2.60 bits per heavy atom. The lowest BCUT2D eigenvalue weighted by Gasteiger charge is -2.17. The van der Waals surface area contributed by atoms with E-state index in [1.165, 1.54) is 4.90 Å². The minimum atomic E-state index is -0.874. The molecule has 0 aliphatic rings. The highest BCUT2D eigenvalue weighted by atomic mass is 16.5. The van der Waals surface area contributed by atoms with Gasteiger partial charge in [-0.1, -0.05) is 18.2 Å². The van der Waals surface area contributed by atoms with Gasteiger partial charge in [-0.2, -0.15) is 0 Å². The number of esters is 1. The molecule has 0 aliphatic carbocycles. The van der Waals surface area contributed by atoms with Crippen LogP contribution in [0.5, 0.6) is 0 Å². The minimum Gasteiger partial charge on any atom is -0.463 e. The number of ether oxygens (including phenoxy) is 1. The van der Waals surface area contributed by atoms with E-state index in [1.807, 2.05) is 18.2 Å². The number of benzene rings is 1. The van der Waals surface area contributed by atoms with Crippen LogP contribution in [0.2, 0.25) is 0 Å². The Balaban J connectivity index is 2.02. The fourth-order valence-corrected chi connectivity index (χ4v) is 2.53. The number of likely N-dealkylation sites (N-methyl/N-ethyl adjacent to an activating group) is 1. The van der Waals surface area contributed by atoms with Crippen molar-refractivity contribution in [3.63, 3.8) is 0 Å². The molecule has 0 saturated carbocycles. The van der Waals surface area contributed by atoms with Gasteiger partial charge < -0.3 is 14.1 Å². The highest BCUT2D eigenvalue weighted by molar-refractivity contribution is 6.05. The number of rotatable bonds is 4. The van der Waals surface area contributed by atoms with Gasteiger partial charge in [-0.05, 0) is 31.2 Å². The molecule has 2 heterocycles. The third-order valence-corrected chi connectivity index (χ3v) is 3.78. The van der Waals surface area contributed by atoms with E-state index in [9.17, 15) is 9.59 Å². The molecule has 0 saturated heterocycles. The molecular weight excluding hydrogens is 320 g/mol. The van der Waals surface area contributed by atoms with Gasteiger partial charge in [-0.25, -0.2) is 9.78 Å². The van der Waals surface area contributed by atoms with Crippen molar-refractivity contribution in [3.05, 3.63) is 54.3 Å². The lowest BCUT2D eigenvalue weighted by atomic mass is 10.1. The van der Waals surface area contributed by atoms with Gasteiger partial charge in [-0.15, -0.1) is 0 Å². The number of nitrogens with zero attached hydrogens (tertiary/aromatic N) is 2. The molecule has 25 heavy (non-hydrogen) atoms. The molecule has 0 unspecified atom stereocenters. The molecule has 0 fully saturated rings. The number of amides is 1. The zero-order valence-electron chi connectivity index (χ0n) is 14.2. The molecule has 1 amide bonds. The molecule has 128 valence electrons. The number of carbonyl (C=O) groups is 2. The standard InChI is InChI=1S/C19H18N2O4/c1-12(18(22)21(2)3)25-19(23)14-11-16(17-9-6-10-24-17)20-15-8-5-4-7-13(14)15/h4-12H,1-3H3/t12-/m1/s1. The van der Waals surface area contributed by atoms with Crippen LogP contribution in [0.15, 0.2) is 53.1 Å². The zero-order valence-corrected chi connectivity index (χ0v) is 14.2. The fourth-order valence-electron chi connectivity index (χ4n) is 2.53. The molecule has 0 aliphatic heterocycles. The lowest BCUT2D eigenvalue weighted by Crippen LogP contribution is -2.34. The van der Waals surface area contributed by atoms with Crippen molar-refractivity contribution < 1.29 is 18.7 Å². The molecule has 1 atom stereocenters. The largest absolute Gasteiger partial charge is 0.463 e. The molecule has 3 rings (SSSR count). The third-order valence-electron chi connectivity index (χ3n) is 3.78. The molecule has 0 bridgehead atoms. The number of pyridine rings is 1. The van der Waals surface area contributed by atoms with Crippen molar-refractivity contribution in [2.75, 3.05) is 14.1 Å². The highest BCUT2D eigenvalue weighted by Crippen LogP contribution is 2.26. The Morgan fingerprint density at radius 2 is 1.92 bits per heavy atom. The van der Waals surface area contributed by atoms with Gasteiger partial charge in [0, 0.05) is 19.5 Å². The summed E-state index contributed by atoms with van der Waals surface area (Å²) in [5.74, 6) is -0.302. The van der Waals surface area contributed by atoms with Crippen molar-refractivity contribution in [2.45, 2.75) is 13.0 Å². The number of hydrogen-bond acceptors (Lipinski definition) is 5. The minimum absolute atomic E-state index is 0.280. The Bertz CT molecular complexity index is 916. The molecule has 6 heteroatoms. The van der Waals surface area contributed by atoms with Crippen LogP contribution in [0.4, 0.5) is 0 Å². The highest BCUT2D eigenvalue weighted by Gasteiger charge is 2.22. The van der Waals surface area contributed by atoms with E-state index >= 15 is 0 Å². The first-order valence-electron chi connectivity index (χ1n) is 7.83. The van der Waals surface area contributed by atoms with Crippen molar-refractivity contribution in [2.24, 2.45) is 0 Å². The summed E-state index contributed by atoms with van der Waals surface area (Å²) in [5.41, 5.74) is 1.52. The van der Waals surface area contributed by atoms with E-state index < -0.39 is 12.1 Å². The number of para-hydroxylation sites is 1. The van der Waals surface area contributed by atoms with Crippen LogP contribution < -0.4 is 0 Å². The van der Waals surface area contributed by atoms with E-state index in [0.717, 1.165) is 0 Å². The average molecular weight is 338 g/mol. The van der Waals surface area contributed by atoms with Gasteiger partial charge in [0.05, 0.1) is 17.3 Å². The van der Waals surface area contributed by atoms with Gasteiger partial charge >= 0.3 is 5.97 Å². The average Bonchev–Trinajstić information content (AvgIpc) is 3.14. The Morgan fingerprint density at radius 1 is 1.16 bits per heavy atom. The molecular formula is C19H18N2O4. The van der Waals surface area contributed by atoms with Gasteiger partial charge in [0.1, 0.15) is 5.69 Å². The van der Waals surface area contributed by atoms with Crippen molar-refractivity contribution in [1.29, 1.82) is 0 Å². The first kappa shape index (κ1) is 16.7. The SMILES string of the molecule is C[C@@H](OC(=O)c1cc(-c2ccco2)nc2ccccc12)C(=O)N(C)C. The van der Waals surface area contributed by atoms with Gasteiger partial charge in [0.15, 0.2) is 11.9 Å². The van der Waals surface area contributed by atoms with E-state index in [4.69, 9.17) is 9.15 Å². The summed E-state index contributed by atoms with van der Waals surface area (Å²) in [6.45, 7) is 1.55. The van der Waals surface area contributed by atoms with Crippen molar-refractivity contribution in [3.8, 4) is 11.5 Å². The predicted molar refractivity (Wildman–Crippen MR) is 93.0 cm³/mol. The number of hydrogen-bond donors (Lipinski definition) is 0. The second kappa shape index (κ2) is 6.76. The van der Waals surface area contributed by atoms with Crippen LogP contribution in [0, 0.1) is 0 Å². The monoisotopic (exact) mass is 338 g/mol. The van der Waals surface area contributed by atoms with Gasteiger partial charge in [-0.3, -0.25) is 4.79 Å². The molecule has 0 N–H and O–H groups in total. The summed E-state index contributed by atoms with van der Waals surface area (Å²) in [4.78, 5) is 30.5. The summed E-state index contributed by atoms with van der Waals surface area (Å²) in [5, 5.41) is 0.660. The van der Waals surface area contributed by atoms with E-state index in [1.54, 1.807) is 51.5 Å². The van der Waals surface area contributed by atoms with Crippen molar-refractivity contribution >= 4 is 22.8 Å². The quantitative estimate of drug-likeness (QED) is 0.683. The van der Waals surface area contributed by atoms with E-state index in [-0.39, 0.29) is 5.91 Å². The fraction of sp³-hybridized carbons (Fsp3) is 0.211. The van der Waals surface area contributed by atoms with Crippen LogP contribution in [0.1, 0.15) is 17.3 Å². The van der Waals surface area contributed by atoms with Crippen LogP contribution >= 0.6 is 0 Å². The van der Waals surface area contributed by atoms with Gasteiger partial charge in [0.2, 0.25) is 0 Å². The molecule has 0 radical (unpaired) electrons. The van der Waals surface area contributed by atoms with Crippen LogP contribution in [-0.2, 0) is 9.53 Å². The first-order valence-corrected chi connectivity index (χ1v) is 7.83. The van der Waals surface area contributed by atoms with Crippen molar-refractivity contribution in [1.82, 2.24) is 9.88 Å². The normalized spacial score (nSPS) is 12.0. The summed E-state index contributed by atoms with van der Waals surface area (Å²) in [7, 11) is 3.23. The zero-order chi connectivity index (χ0) is 18.0. The smallest absolute Gasteiger partial charge is 0.339 e. The Labute approximate surface area is 145 Å². The molecule has 6 nitrogen and oxygen atoms in total. The number of fused-ring (bicyclic) bond motifs is 1. The maximum Gasteiger partial charge on any atom is 0.339 e. The predicted octanol–water partition coefficient (Wildman–Crippen LogP) is 3.13. The molecule has 1 aromatic carbocycles. The maximum atomic E-state index is 12.7. The number of furan rings is 1. The summed E-state index contributed by atoms with van der Waals surface area (Å²) in [6, 6.07) is 12.4. The summed E-state index contributed by atoms with van der Waals surface area (Å²) >= 11 is 0. The number of aromatic nitrogens is 1. The van der Waals surface area contributed by atoms with E-state index in [2.05, 4.69) is 4.98 Å². The number of carbonyl (C=O) groups excluding carboxylic acids is 2. The van der Waals surface area contributed by atoms with Crippen LogP contribution in [-0.4, -0.2) is 42.0 Å². The Kier molecular flexibility index (Phi) is 4.52. The molecule has 3 aromatic rings. The second-order valence-electron chi connectivity index (χ2n) is 5.83. The van der Waals surface area contributed by atoms with Gasteiger partial charge in [0.25, 0.3) is 5.91 Å². The lowest BCUT2D eigenvalue weighted by molar-refractivity contribution is -0.137.